The zero-order chi connectivity index (χ0) is 21.8. The number of fused-ring (bicyclic) bond motifs is 1. The summed E-state index contributed by atoms with van der Waals surface area (Å²) in [5.74, 6) is 1.93. The van der Waals surface area contributed by atoms with E-state index in [4.69, 9.17) is 0 Å². The predicted octanol–water partition coefficient (Wildman–Crippen LogP) is 3.42. The molecule has 0 radical (unpaired) electrons. The summed E-state index contributed by atoms with van der Waals surface area (Å²) in [6.07, 6.45) is 8.51. The molecule has 0 spiro atoms. The second-order valence-electron chi connectivity index (χ2n) is 7.56. The van der Waals surface area contributed by atoms with Crippen LogP contribution >= 0.6 is 0 Å². The molecule has 4 rings (SSSR count). The van der Waals surface area contributed by atoms with Gasteiger partial charge in [-0.2, -0.15) is 0 Å². The standard InChI is InChI=1S/C23H25N7O/c1-15(12-27-20-11-21(29-13-28-20)30-10-9-25-14-30)16(2)17-5-4-6-18-19(23(31)24-3)7-8-26-22(17)18/h4-11,13-16H,12H2,1-3H3,(H,24,31)(H,27,28,29)/t15-,16?/m1/s1. The smallest absolute Gasteiger partial charge is 0.251 e. The van der Waals surface area contributed by atoms with Crippen molar-refractivity contribution in [1.29, 1.82) is 0 Å². The number of carbonyl (C=O) groups excluding carboxylic acids is 1. The van der Waals surface area contributed by atoms with Crippen molar-refractivity contribution >= 4 is 22.6 Å². The number of hydrogen-bond donors (Lipinski definition) is 2. The van der Waals surface area contributed by atoms with E-state index >= 15 is 0 Å². The number of aromatic nitrogens is 5. The Morgan fingerprint density at radius 1 is 1.13 bits per heavy atom. The Kier molecular flexibility index (Phi) is 5.88. The molecule has 0 aliphatic heterocycles. The third-order valence-corrected chi connectivity index (χ3v) is 5.64. The minimum Gasteiger partial charge on any atom is -0.370 e. The van der Waals surface area contributed by atoms with Gasteiger partial charge in [-0.15, -0.1) is 0 Å². The molecule has 1 amide bonds. The molecule has 3 aromatic heterocycles. The fourth-order valence-corrected chi connectivity index (χ4v) is 3.63. The Labute approximate surface area is 180 Å². The van der Waals surface area contributed by atoms with Crippen molar-refractivity contribution in [3.05, 3.63) is 72.7 Å². The third kappa shape index (κ3) is 4.23. The molecule has 0 fully saturated rings. The van der Waals surface area contributed by atoms with Crippen LogP contribution in [0, 0.1) is 5.92 Å². The molecule has 1 unspecified atom stereocenters. The molecule has 2 atom stereocenters. The van der Waals surface area contributed by atoms with Gasteiger partial charge in [0.05, 0.1) is 11.1 Å². The number of para-hydroxylation sites is 1. The number of pyridine rings is 1. The minimum atomic E-state index is -0.107. The van der Waals surface area contributed by atoms with E-state index in [1.807, 2.05) is 29.0 Å². The molecule has 0 aliphatic carbocycles. The second-order valence-corrected chi connectivity index (χ2v) is 7.56. The maximum Gasteiger partial charge on any atom is 0.251 e. The molecule has 0 bridgehead atoms. The Morgan fingerprint density at radius 3 is 2.77 bits per heavy atom. The molecule has 0 aliphatic rings. The topological polar surface area (TPSA) is 97.6 Å². The first-order chi connectivity index (χ1) is 15.1. The lowest BCUT2D eigenvalue weighted by molar-refractivity contribution is 0.0964. The van der Waals surface area contributed by atoms with Crippen LogP contribution in [0.25, 0.3) is 16.7 Å². The quantitative estimate of drug-likeness (QED) is 0.480. The average molecular weight is 416 g/mol. The van der Waals surface area contributed by atoms with Crippen LogP contribution in [0.2, 0.25) is 0 Å². The maximum absolute atomic E-state index is 12.2. The SMILES string of the molecule is CNC(=O)c1ccnc2c(C(C)[C@H](C)CNc3cc(-n4ccnc4)ncn3)cccc12. The lowest BCUT2D eigenvalue weighted by Crippen LogP contribution is -2.19. The van der Waals surface area contributed by atoms with E-state index in [-0.39, 0.29) is 11.8 Å². The molecule has 8 heteroatoms. The van der Waals surface area contributed by atoms with Gasteiger partial charge in [-0.1, -0.05) is 32.0 Å². The van der Waals surface area contributed by atoms with Crippen molar-refractivity contribution < 1.29 is 4.79 Å². The van der Waals surface area contributed by atoms with Gasteiger partial charge < -0.3 is 10.6 Å². The Hall–Kier alpha value is -3.81. The van der Waals surface area contributed by atoms with Gasteiger partial charge in [-0.3, -0.25) is 14.3 Å². The first kappa shape index (κ1) is 20.5. The zero-order valence-corrected chi connectivity index (χ0v) is 17.8. The number of anilines is 1. The highest BCUT2D eigenvalue weighted by Gasteiger charge is 2.19. The summed E-state index contributed by atoms with van der Waals surface area (Å²) in [7, 11) is 1.64. The van der Waals surface area contributed by atoms with Crippen LogP contribution in [0.3, 0.4) is 0 Å². The van der Waals surface area contributed by atoms with Gasteiger partial charge >= 0.3 is 0 Å². The van der Waals surface area contributed by atoms with E-state index < -0.39 is 0 Å². The first-order valence-electron chi connectivity index (χ1n) is 10.2. The number of imidazole rings is 1. The van der Waals surface area contributed by atoms with Crippen molar-refractivity contribution in [2.24, 2.45) is 5.92 Å². The molecule has 4 aromatic rings. The van der Waals surface area contributed by atoms with Gasteiger partial charge in [0.2, 0.25) is 0 Å². The number of rotatable bonds is 7. The van der Waals surface area contributed by atoms with E-state index in [9.17, 15) is 4.79 Å². The number of carbonyl (C=O) groups is 1. The van der Waals surface area contributed by atoms with Gasteiger partial charge in [-0.25, -0.2) is 15.0 Å². The largest absolute Gasteiger partial charge is 0.370 e. The van der Waals surface area contributed by atoms with Gasteiger partial charge in [-0.05, 0) is 23.5 Å². The summed E-state index contributed by atoms with van der Waals surface area (Å²) in [6, 6.07) is 9.68. The molecule has 0 saturated carbocycles. The molecule has 2 N–H and O–H groups in total. The van der Waals surface area contributed by atoms with Gasteiger partial charge in [0.25, 0.3) is 5.91 Å². The van der Waals surface area contributed by atoms with Crippen molar-refractivity contribution in [3.8, 4) is 5.82 Å². The van der Waals surface area contributed by atoms with E-state index in [1.165, 1.54) is 0 Å². The highest BCUT2D eigenvalue weighted by molar-refractivity contribution is 6.06. The van der Waals surface area contributed by atoms with Crippen molar-refractivity contribution in [2.45, 2.75) is 19.8 Å². The molecule has 31 heavy (non-hydrogen) atoms. The Morgan fingerprint density at radius 2 is 2.00 bits per heavy atom. The van der Waals surface area contributed by atoms with E-state index in [0.717, 1.165) is 34.6 Å². The van der Waals surface area contributed by atoms with Crippen LogP contribution in [-0.2, 0) is 0 Å². The maximum atomic E-state index is 12.2. The second kappa shape index (κ2) is 8.91. The minimum absolute atomic E-state index is 0.107. The summed E-state index contributed by atoms with van der Waals surface area (Å²) in [6.45, 7) is 5.11. The van der Waals surface area contributed by atoms with Crippen LogP contribution in [0.5, 0.6) is 0 Å². The summed E-state index contributed by atoms with van der Waals surface area (Å²) in [5.41, 5.74) is 2.63. The lowest BCUT2D eigenvalue weighted by Gasteiger charge is -2.22. The number of nitrogens with zero attached hydrogens (tertiary/aromatic N) is 5. The van der Waals surface area contributed by atoms with Crippen molar-refractivity contribution in [2.75, 3.05) is 18.9 Å². The fourth-order valence-electron chi connectivity index (χ4n) is 3.63. The molecule has 1 aromatic carbocycles. The Balaban J connectivity index is 1.52. The summed E-state index contributed by atoms with van der Waals surface area (Å²) >= 11 is 0. The summed E-state index contributed by atoms with van der Waals surface area (Å²) < 4.78 is 1.84. The molecule has 3 heterocycles. The molecule has 158 valence electrons. The van der Waals surface area contributed by atoms with E-state index in [1.54, 1.807) is 38.2 Å². The predicted molar refractivity (Wildman–Crippen MR) is 120 cm³/mol. The number of hydrogen-bond acceptors (Lipinski definition) is 6. The fraction of sp³-hybridized carbons (Fsp3) is 0.261. The van der Waals surface area contributed by atoms with Gasteiger partial charge in [0.1, 0.15) is 24.3 Å². The Bertz CT molecular complexity index is 1190. The number of nitrogens with one attached hydrogen (secondary N) is 2. The summed E-state index contributed by atoms with van der Waals surface area (Å²) in [4.78, 5) is 29.5. The monoisotopic (exact) mass is 415 g/mol. The molecule has 8 nitrogen and oxygen atoms in total. The average Bonchev–Trinajstić information content (AvgIpc) is 3.36. The van der Waals surface area contributed by atoms with Crippen LogP contribution in [0.15, 0.2) is 61.6 Å². The van der Waals surface area contributed by atoms with Crippen molar-refractivity contribution in [1.82, 2.24) is 29.8 Å². The first-order valence-corrected chi connectivity index (χ1v) is 10.2. The van der Waals surface area contributed by atoms with Crippen LogP contribution in [0.4, 0.5) is 5.82 Å². The zero-order valence-electron chi connectivity index (χ0n) is 17.8. The highest BCUT2D eigenvalue weighted by Crippen LogP contribution is 2.31. The van der Waals surface area contributed by atoms with Crippen molar-refractivity contribution in [3.63, 3.8) is 0 Å². The number of amides is 1. The van der Waals surface area contributed by atoms with Gasteiger partial charge in [0.15, 0.2) is 0 Å². The van der Waals surface area contributed by atoms with Crippen LogP contribution in [0.1, 0.15) is 35.7 Å². The van der Waals surface area contributed by atoms with E-state index in [2.05, 4.69) is 50.5 Å². The third-order valence-electron chi connectivity index (χ3n) is 5.64. The molecule has 0 saturated heterocycles. The van der Waals surface area contributed by atoms with Crippen LogP contribution in [-0.4, -0.2) is 44.0 Å². The van der Waals surface area contributed by atoms with Crippen LogP contribution < -0.4 is 10.6 Å². The lowest BCUT2D eigenvalue weighted by atomic mass is 9.87. The number of benzene rings is 1. The molecular weight excluding hydrogens is 390 g/mol. The van der Waals surface area contributed by atoms with Gasteiger partial charge in [0, 0.05) is 43.6 Å². The molecular formula is C23H25N7O. The normalized spacial score (nSPS) is 13.0. The summed E-state index contributed by atoms with van der Waals surface area (Å²) in [5, 5.41) is 6.99. The van der Waals surface area contributed by atoms with E-state index in [0.29, 0.717) is 11.5 Å². The highest BCUT2D eigenvalue weighted by atomic mass is 16.1.